The summed E-state index contributed by atoms with van der Waals surface area (Å²) in [5, 5.41) is 1.61. The Hall–Kier alpha value is -1.42. The van der Waals surface area contributed by atoms with Crippen molar-refractivity contribution in [2.45, 2.75) is 13.3 Å². The van der Waals surface area contributed by atoms with E-state index in [4.69, 9.17) is 22.7 Å². The van der Waals surface area contributed by atoms with Crippen LogP contribution in [-0.2, 0) is 11.2 Å². The van der Waals surface area contributed by atoms with Crippen LogP contribution in [0.3, 0.4) is 0 Å². The first-order chi connectivity index (χ1) is 7.19. The molecule has 0 bridgehead atoms. The van der Waals surface area contributed by atoms with E-state index in [0.29, 0.717) is 24.3 Å². The van der Waals surface area contributed by atoms with Crippen LogP contribution in [0.25, 0.3) is 0 Å². The van der Waals surface area contributed by atoms with Crippen molar-refractivity contribution in [3.05, 3.63) is 29.3 Å². The number of carbonyl (C=O) groups excluding carboxylic acids is 1. The number of thiocarbonyl (C=S) groups is 1. The van der Waals surface area contributed by atoms with Crippen LogP contribution in [0.5, 0.6) is 0 Å². The third kappa shape index (κ3) is 3.02. The van der Waals surface area contributed by atoms with E-state index in [9.17, 15) is 4.79 Å². The molecule has 0 aliphatic heterocycles. The monoisotopic (exact) mass is 223 g/mol. The Morgan fingerprint density at radius 2 is 2.33 bits per heavy atom. The second-order valence-electron chi connectivity index (χ2n) is 3.01. The van der Waals surface area contributed by atoms with Crippen molar-refractivity contribution < 1.29 is 9.53 Å². The van der Waals surface area contributed by atoms with Gasteiger partial charge in [-0.2, -0.15) is 0 Å². The first-order valence-electron chi connectivity index (χ1n) is 4.68. The topological polar surface area (TPSA) is 52.3 Å². The van der Waals surface area contributed by atoms with Gasteiger partial charge in [0.1, 0.15) is 0 Å². The molecule has 4 heteroatoms. The van der Waals surface area contributed by atoms with E-state index in [-0.39, 0.29) is 5.97 Å². The molecule has 2 N–H and O–H groups in total. The average molecular weight is 223 g/mol. The molecule has 0 saturated heterocycles. The Bertz CT molecular complexity index is 377. The van der Waals surface area contributed by atoms with Gasteiger partial charge >= 0.3 is 5.97 Å². The van der Waals surface area contributed by atoms with E-state index in [1.54, 1.807) is 24.4 Å². The van der Waals surface area contributed by atoms with Gasteiger partial charge in [0.2, 0.25) is 0 Å². The van der Waals surface area contributed by atoms with Crippen molar-refractivity contribution in [1.29, 1.82) is 0 Å². The van der Waals surface area contributed by atoms with Gasteiger partial charge in [0.25, 0.3) is 0 Å². The standard InChI is InChI=1S/C11H13NO2S/c1-2-14-11(13)9-7-8(5-6-15)3-4-10(9)12/h3-4,6-7H,2,5,12H2,1H3. The minimum absolute atomic E-state index is 0.343. The second kappa shape index (κ2) is 5.46. The molecular formula is C11H13NO2S. The molecule has 0 fully saturated rings. The first-order valence-corrected chi connectivity index (χ1v) is 5.15. The normalized spacial score (nSPS) is 9.67. The lowest BCUT2D eigenvalue weighted by Crippen LogP contribution is -2.08. The summed E-state index contributed by atoms with van der Waals surface area (Å²) in [7, 11) is 0. The number of carbonyl (C=O) groups is 1. The van der Waals surface area contributed by atoms with Crippen LogP contribution in [-0.4, -0.2) is 17.9 Å². The summed E-state index contributed by atoms with van der Waals surface area (Å²) >= 11 is 4.75. The van der Waals surface area contributed by atoms with Gasteiger partial charge in [-0.3, -0.25) is 0 Å². The van der Waals surface area contributed by atoms with Crippen LogP contribution >= 0.6 is 12.2 Å². The van der Waals surface area contributed by atoms with Crippen molar-refractivity contribution in [2.24, 2.45) is 0 Å². The largest absolute Gasteiger partial charge is 0.462 e. The Morgan fingerprint density at radius 3 is 2.93 bits per heavy atom. The van der Waals surface area contributed by atoms with Crippen LogP contribution in [0.15, 0.2) is 18.2 Å². The predicted octanol–water partition coefficient (Wildman–Crippen LogP) is 1.99. The van der Waals surface area contributed by atoms with Crippen molar-refractivity contribution in [3.63, 3.8) is 0 Å². The zero-order chi connectivity index (χ0) is 11.3. The quantitative estimate of drug-likeness (QED) is 0.482. The van der Waals surface area contributed by atoms with E-state index in [1.807, 2.05) is 6.07 Å². The fraction of sp³-hybridized carbons (Fsp3) is 0.273. The Balaban J connectivity index is 2.99. The van der Waals surface area contributed by atoms with E-state index in [1.165, 1.54) is 0 Å². The Morgan fingerprint density at radius 1 is 1.60 bits per heavy atom. The number of anilines is 1. The van der Waals surface area contributed by atoms with E-state index < -0.39 is 0 Å². The molecule has 0 unspecified atom stereocenters. The van der Waals surface area contributed by atoms with Gasteiger partial charge in [0.15, 0.2) is 0 Å². The molecule has 3 nitrogen and oxygen atoms in total. The third-order valence-corrected chi connectivity index (χ3v) is 2.10. The zero-order valence-electron chi connectivity index (χ0n) is 8.53. The summed E-state index contributed by atoms with van der Waals surface area (Å²) in [6.07, 6.45) is 0.641. The maximum absolute atomic E-state index is 11.5. The Labute approximate surface area is 94.2 Å². The van der Waals surface area contributed by atoms with Gasteiger partial charge in [0.05, 0.1) is 12.2 Å². The first kappa shape index (κ1) is 11.7. The molecule has 0 aliphatic rings. The lowest BCUT2D eigenvalue weighted by atomic mass is 10.1. The molecule has 1 aromatic carbocycles. The minimum atomic E-state index is -0.388. The SMILES string of the molecule is CCOC(=O)c1cc(CC=S)ccc1N. The number of ether oxygens (including phenoxy) is 1. The number of hydrogen-bond donors (Lipinski definition) is 1. The third-order valence-electron chi connectivity index (χ3n) is 1.93. The fourth-order valence-electron chi connectivity index (χ4n) is 1.21. The predicted molar refractivity (Wildman–Crippen MR) is 64.2 cm³/mol. The summed E-state index contributed by atoms with van der Waals surface area (Å²) in [5.74, 6) is -0.388. The number of hydrogen-bond acceptors (Lipinski definition) is 4. The van der Waals surface area contributed by atoms with Crippen molar-refractivity contribution in [2.75, 3.05) is 12.3 Å². The van der Waals surface area contributed by atoms with Gasteiger partial charge in [-0.05, 0) is 30.0 Å². The molecule has 80 valence electrons. The number of esters is 1. The van der Waals surface area contributed by atoms with E-state index in [2.05, 4.69) is 0 Å². The molecule has 1 aromatic rings. The summed E-state index contributed by atoms with van der Waals surface area (Å²) in [4.78, 5) is 11.5. The molecular weight excluding hydrogens is 210 g/mol. The molecule has 0 atom stereocenters. The molecule has 15 heavy (non-hydrogen) atoms. The van der Waals surface area contributed by atoms with E-state index >= 15 is 0 Å². The van der Waals surface area contributed by atoms with Crippen LogP contribution in [0.2, 0.25) is 0 Å². The zero-order valence-corrected chi connectivity index (χ0v) is 9.34. The smallest absolute Gasteiger partial charge is 0.340 e. The lowest BCUT2D eigenvalue weighted by Gasteiger charge is -2.06. The van der Waals surface area contributed by atoms with Crippen molar-refractivity contribution in [3.8, 4) is 0 Å². The molecule has 0 heterocycles. The average Bonchev–Trinajstić information content (AvgIpc) is 2.21. The lowest BCUT2D eigenvalue weighted by molar-refractivity contribution is 0.0527. The maximum atomic E-state index is 11.5. The minimum Gasteiger partial charge on any atom is -0.462 e. The van der Waals surface area contributed by atoms with Crippen LogP contribution in [0.4, 0.5) is 5.69 Å². The highest BCUT2D eigenvalue weighted by molar-refractivity contribution is 7.78. The van der Waals surface area contributed by atoms with Gasteiger partial charge in [-0.15, -0.1) is 0 Å². The molecule has 0 aromatic heterocycles. The highest BCUT2D eigenvalue weighted by Crippen LogP contribution is 2.15. The molecule has 0 amide bonds. The molecule has 0 radical (unpaired) electrons. The van der Waals surface area contributed by atoms with Crippen LogP contribution in [0.1, 0.15) is 22.8 Å². The van der Waals surface area contributed by atoms with Gasteiger partial charge in [-0.1, -0.05) is 18.3 Å². The maximum Gasteiger partial charge on any atom is 0.340 e. The molecule has 0 aliphatic carbocycles. The Kier molecular flexibility index (Phi) is 4.24. The number of rotatable bonds is 4. The number of benzene rings is 1. The van der Waals surface area contributed by atoms with Crippen LogP contribution in [0, 0.1) is 0 Å². The van der Waals surface area contributed by atoms with Crippen LogP contribution < -0.4 is 5.73 Å². The highest BCUT2D eigenvalue weighted by atomic mass is 32.1. The van der Waals surface area contributed by atoms with Gasteiger partial charge < -0.3 is 10.5 Å². The fourth-order valence-corrected chi connectivity index (χ4v) is 1.40. The summed E-state index contributed by atoms with van der Waals surface area (Å²) in [6.45, 7) is 2.10. The van der Waals surface area contributed by atoms with E-state index in [0.717, 1.165) is 5.56 Å². The summed E-state index contributed by atoms with van der Waals surface area (Å²) in [5.41, 5.74) is 7.48. The molecule has 0 spiro atoms. The molecule has 0 saturated carbocycles. The van der Waals surface area contributed by atoms with Gasteiger partial charge in [0, 0.05) is 12.1 Å². The van der Waals surface area contributed by atoms with Gasteiger partial charge in [-0.25, -0.2) is 4.79 Å². The summed E-state index contributed by atoms with van der Waals surface area (Å²) < 4.78 is 4.89. The molecule has 1 rings (SSSR count). The van der Waals surface area contributed by atoms with Crippen molar-refractivity contribution >= 4 is 29.2 Å². The highest BCUT2D eigenvalue weighted by Gasteiger charge is 2.10. The van der Waals surface area contributed by atoms with Crippen molar-refractivity contribution in [1.82, 2.24) is 0 Å². The number of nitrogens with two attached hydrogens (primary N) is 1. The second-order valence-corrected chi connectivity index (χ2v) is 3.35. The number of nitrogen functional groups attached to an aromatic ring is 1. The summed E-state index contributed by atoms with van der Waals surface area (Å²) in [6, 6.07) is 5.26.